The summed E-state index contributed by atoms with van der Waals surface area (Å²) >= 11 is 0. The molecule has 0 radical (unpaired) electrons. The number of hydrogen-bond donors (Lipinski definition) is 2. The molecule has 2 nitrogen and oxygen atoms in total. The highest BCUT2D eigenvalue weighted by atomic mass is 16.3. The fourth-order valence-electron chi connectivity index (χ4n) is 1.44. The molecule has 0 bridgehead atoms. The molecule has 0 spiro atoms. The van der Waals surface area contributed by atoms with Crippen LogP contribution in [0.3, 0.4) is 0 Å². The molecular formula is C12H19NO. The first-order chi connectivity index (χ1) is 6.83. The highest BCUT2D eigenvalue weighted by Gasteiger charge is 2.00. The van der Waals surface area contributed by atoms with Crippen LogP contribution < -0.4 is 5.32 Å². The molecule has 2 N–H and O–H groups in total. The lowest BCUT2D eigenvalue weighted by Crippen LogP contribution is -2.29. The SMILES string of the molecule is C[C@@H](CCc1ccccc1)NCCO. The number of aliphatic hydroxyl groups is 1. The molecule has 1 rings (SSSR count). The number of nitrogens with one attached hydrogen (secondary N) is 1. The smallest absolute Gasteiger partial charge is 0.0556 e. The molecular weight excluding hydrogens is 174 g/mol. The van der Waals surface area contributed by atoms with Crippen LogP contribution in [0.1, 0.15) is 18.9 Å². The zero-order chi connectivity index (χ0) is 10.2. The predicted octanol–water partition coefficient (Wildman–Crippen LogP) is 1.59. The Morgan fingerprint density at radius 2 is 2.00 bits per heavy atom. The first-order valence-electron chi connectivity index (χ1n) is 5.21. The first kappa shape index (κ1) is 11.2. The summed E-state index contributed by atoms with van der Waals surface area (Å²) in [6.07, 6.45) is 2.21. The van der Waals surface area contributed by atoms with Crippen molar-refractivity contribution in [3.63, 3.8) is 0 Å². The average Bonchev–Trinajstić information content (AvgIpc) is 2.25. The molecule has 0 saturated carbocycles. The second-order valence-electron chi connectivity index (χ2n) is 3.60. The Morgan fingerprint density at radius 3 is 2.64 bits per heavy atom. The van der Waals surface area contributed by atoms with E-state index in [1.807, 2.05) is 6.07 Å². The van der Waals surface area contributed by atoms with Crippen LogP contribution in [0.5, 0.6) is 0 Å². The summed E-state index contributed by atoms with van der Waals surface area (Å²) < 4.78 is 0. The van der Waals surface area contributed by atoms with Crippen molar-refractivity contribution in [3.05, 3.63) is 35.9 Å². The highest BCUT2D eigenvalue weighted by Crippen LogP contribution is 2.04. The van der Waals surface area contributed by atoms with E-state index >= 15 is 0 Å². The predicted molar refractivity (Wildman–Crippen MR) is 59.3 cm³/mol. The summed E-state index contributed by atoms with van der Waals surface area (Å²) in [5.74, 6) is 0. The largest absolute Gasteiger partial charge is 0.395 e. The monoisotopic (exact) mass is 193 g/mol. The Kier molecular flexibility index (Phi) is 5.27. The van der Waals surface area contributed by atoms with Gasteiger partial charge < -0.3 is 10.4 Å². The van der Waals surface area contributed by atoms with E-state index in [1.54, 1.807) is 0 Å². The van der Waals surface area contributed by atoms with Crippen molar-refractivity contribution in [1.29, 1.82) is 0 Å². The van der Waals surface area contributed by atoms with Gasteiger partial charge in [-0.25, -0.2) is 0 Å². The van der Waals surface area contributed by atoms with Crippen molar-refractivity contribution in [2.45, 2.75) is 25.8 Å². The van der Waals surface area contributed by atoms with Crippen molar-refractivity contribution >= 4 is 0 Å². The Morgan fingerprint density at radius 1 is 1.29 bits per heavy atom. The molecule has 0 aromatic heterocycles. The van der Waals surface area contributed by atoms with Gasteiger partial charge in [0.05, 0.1) is 6.61 Å². The lowest BCUT2D eigenvalue weighted by molar-refractivity contribution is 0.284. The van der Waals surface area contributed by atoms with E-state index in [0.29, 0.717) is 12.6 Å². The molecule has 0 fully saturated rings. The van der Waals surface area contributed by atoms with E-state index in [9.17, 15) is 0 Å². The third-order valence-corrected chi connectivity index (χ3v) is 2.31. The molecule has 0 saturated heterocycles. The normalized spacial score (nSPS) is 12.7. The summed E-state index contributed by atoms with van der Waals surface area (Å²) in [5.41, 5.74) is 1.38. The Labute approximate surface area is 86.0 Å². The number of aryl methyl sites for hydroxylation is 1. The molecule has 1 aromatic rings. The van der Waals surface area contributed by atoms with E-state index < -0.39 is 0 Å². The Bertz CT molecular complexity index is 235. The summed E-state index contributed by atoms with van der Waals surface area (Å²) in [5, 5.41) is 11.9. The van der Waals surface area contributed by atoms with Crippen molar-refractivity contribution in [2.24, 2.45) is 0 Å². The maximum absolute atomic E-state index is 8.64. The van der Waals surface area contributed by atoms with Gasteiger partial charge in [-0.2, -0.15) is 0 Å². The number of hydrogen-bond acceptors (Lipinski definition) is 2. The zero-order valence-electron chi connectivity index (χ0n) is 8.74. The van der Waals surface area contributed by atoms with Gasteiger partial charge in [-0.15, -0.1) is 0 Å². The molecule has 14 heavy (non-hydrogen) atoms. The minimum absolute atomic E-state index is 0.218. The molecule has 0 aliphatic heterocycles. The van der Waals surface area contributed by atoms with Crippen LogP contribution in [0.15, 0.2) is 30.3 Å². The lowest BCUT2D eigenvalue weighted by atomic mass is 10.1. The van der Waals surface area contributed by atoms with Crippen LogP contribution in [0, 0.1) is 0 Å². The molecule has 0 amide bonds. The molecule has 78 valence electrons. The zero-order valence-corrected chi connectivity index (χ0v) is 8.74. The van der Waals surface area contributed by atoms with Gasteiger partial charge in [-0.3, -0.25) is 0 Å². The molecule has 0 heterocycles. The van der Waals surface area contributed by atoms with Gasteiger partial charge in [0.1, 0.15) is 0 Å². The third kappa shape index (κ3) is 4.40. The van der Waals surface area contributed by atoms with E-state index in [4.69, 9.17) is 5.11 Å². The summed E-state index contributed by atoms with van der Waals surface area (Å²) in [6.45, 7) is 3.06. The van der Waals surface area contributed by atoms with Gasteiger partial charge in [-0.05, 0) is 25.3 Å². The van der Waals surface area contributed by atoms with Gasteiger partial charge in [-0.1, -0.05) is 30.3 Å². The standard InChI is InChI=1S/C12H19NO/c1-11(13-9-10-14)7-8-12-5-3-2-4-6-12/h2-6,11,13-14H,7-10H2,1H3/t11-/m0/s1. The number of aliphatic hydroxyl groups excluding tert-OH is 1. The van der Waals surface area contributed by atoms with E-state index in [-0.39, 0.29) is 6.61 Å². The number of rotatable bonds is 6. The lowest BCUT2D eigenvalue weighted by Gasteiger charge is -2.12. The van der Waals surface area contributed by atoms with Crippen molar-refractivity contribution in [2.75, 3.05) is 13.2 Å². The fourth-order valence-corrected chi connectivity index (χ4v) is 1.44. The summed E-state index contributed by atoms with van der Waals surface area (Å²) in [4.78, 5) is 0. The minimum atomic E-state index is 0.218. The molecule has 0 aliphatic carbocycles. The van der Waals surface area contributed by atoms with Crippen LogP contribution >= 0.6 is 0 Å². The summed E-state index contributed by atoms with van der Waals surface area (Å²) in [6, 6.07) is 11.0. The van der Waals surface area contributed by atoms with Crippen LogP contribution in [0.25, 0.3) is 0 Å². The Balaban J connectivity index is 2.20. The molecule has 2 heteroatoms. The van der Waals surface area contributed by atoms with Crippen molar-refractivity contribution in [3.8, 4) is 0 Å². The van der Waals surface area contributed by atoms with Crippen molar-refractivity contribution < 1.29 is 5.11 Å². The van der Waals surface area contributed by atoms with Gasteiger partial charge in [0.15, 0.2) is 0 Å². The van der Waals surface area contributed by atoms with Gasteiger partial charge in [0, 0.05) is 12.6 Å². The summed E-state index contributed by atoms with van der Waals surface area (Å²) in [7, 11) is 0. The van der Waals surface area contributed by atoms with Gasteiger partial charge >= 0.3 is 0 Å². The van der Waals surface area contributed by atoms with Crippen molar-refractivity contribution in [1.82, 2.24) is 5.32 Å². The van der Waals surface area contributed by atoms with Gasteiger partial charge in [0.2, 0.25) is 0 Å². The van der Waals surface area contributed by atoms with Crippen LogP contribution in [0.2, 0.25) is 0 Å². The van der Waals surface area contributed by atoms with E-state index in [2.05, 4.69) is 36.5 Å². The number of benzene rings is 1. The maximum atomic E-state index is 8.64. The molecule has 1 aromatic carbocycles. The quantitative estimate of drug-likeness (QED) is 0.719. The molecule has 0 aliphatic rings. The fraction of sp³-hybridized carbons (Fsp3) is 0.500. The van der Waals surface area contributed by atoms with Crippen LogP contribution in [0.4, 0.5) is 0 Å². The molecule has 0 unspecified atom stereocenters. The molecule has 1 atom stereocenters. The van der Waals surface area contributed by atoms with Crippen LogP contribution in [-0.4, -0.2) is 24.3 Å². The first-order valence-corrected chi connectivity index (χ1v) is 5.21. The topological polar surface area (TPSA) is 32.3 Å². The third-order valence-electron chi connectivity index (χ3n) is 2.31. The second-order valence-corrected chi connectivity index (χ2v) is 3.60. The van der Waals surface area contributed by atoms with E-state index in [1.165, 1.54) is 5.56 Å². The van der Waals surface area contributed by atoms with Gasteiger partial charge in [0.25, 0.3) is 0 Å². The van der Waals surface area contributed by atoms with Crippen LogP contribution in [-0.2, 0) is 6.42 Å². The second kappa shape index (κ2) is 6.57. The highest BCUT2D eigenvalue weighted by molar-refractivity contribution is 5.14. The average molecular weight is 193 g/mol. The maximum Gasteiger partial charge on any atom is 0.0556 e. The Hall–Kier alpha value is -0.860. The van der Waals surface area contributed by atoms with E-state index in [0.717, 1.165) is 12.8 Å². The minimum Gasteiger partial charge on any atom is -0.395 e.